The fraction of sp³-hybridized carbons (Fsp3) is 0.562. The van der Waals surface area contributed by atoms with Gasteiger partial charge in [0.05, 0.1) is 11.5 Å². The van der Waals surface area contributed by atoms with Crippen LogP contribution in [0.25, 0.3) is 0 Å². The molecule has 1 saturated carbocycles. The van der Waals surface area contributed by atoms with Crippen molar-refractivity contribution in [2.45, 2.75) is 37.4 Å². The molecule has 1 amide bonds. The molecule has 7 heteroatoms. The van der Waals surface area contributed by atoms with E-state index >= 15 is 0 Å². The standard InChI is InChI=1S/C16H19F3N2O.ClH/c17-16(18,19)13-6-2-1-4-11(13)12-5-3-7-14(12)21-15(22)10-8-20-9-10;/h1-2,4,6,10,12,14,20H,3,5,7-9H2,(H,21,22);1H. The highest BCUT2D eigenvalue weighted by Gasteiger charge is 2.39. The van der Waals surface area contributed by atoms with Crippen LogP contribution in [0.3, 0.4) is 0 Å². The monoisotopic (exact) mass is 348 g/mol. The Bertz CT molecular complexity index is 561. The number of halogens is 4. The third kappa shape index (κ3) is 3.80. The first kappa shape index (κ1) is 18.1. The summed E-state index contributed by atoms with van der Waals surface area (Å²) in [5, 5.41) is 5.99. The Morgan fingerprint density at radius 1 is 1.17 bits per heavy atom. The van der Waals surface area contributed by atoms with Gasteiger partial charge in [0.1, 0.15) is 0 Å². The molecule has 128 valence electrons. The number of carbonyl (C=O) groups excluding carboxylic acids is 1. The molecule has 23 heavy (non-hydrogen) atoms. The predicted octanol–water partition coefficient (Wildman–Crippen LogP) is 3.10. The topological polar surface area (TPSA) is 41.1 Å². The highest BCUT2D eigenvalue weighted by Crippen LogP contribution is 2.41. The van der Waals surface area contributed by atoms with Gasteiger partial charge >= 0.3 is 6.18 Å². The Kier molecular flexibility index (Phi) is 5.57. The van der Waals surface area contributed by atoms with E-state index in [1.807, 2.05) is 0 Å². The van der Waals surface area contributed by atoms with Crippen molar-refractivity contribution in [1.29, 1.82) is 0 Å². The van der Waals surface area contributed by atoms with E-state index in [1.165, 1.54) is 6.07 Å². The lowest BCUT2D eigenvalue weighted by molar-refractivity contribution is -0.138. The average molecular weight is 349 g/mol. The van der Waals surface area contributed by atoms with Crippen LogP contribution in [-0.4, -0.2) is 25.0 Å². The first-order valence-electron chi connectivity index (χ1n) is 7.64. The number of rotatable bonds is 3. The smallest absolute Gasteiger partial charge is 0.352 e. The molecule has 2 aliphatic rings. The Hall–Kier alpha value is -1.27. The van der Waals surface area contributed by atoms with Crippen LogP contribution in [0.5, 0.6) is 0 Å². The fourth-order valence-electron chi connectivity index (χ4n) is 3.36. The number of hydrogen-bond donors (Lipinski definition) is 2. The van der Waals surface area contributed by atoms with Crippen LogP contribution in [0.4, 0.5) is 13.2 Å². The van der Waals surface area contributed by atoms with Gasteiger partial charge in [-0.1, -0.05) is 24.6 Å². The van der Waals surface area contributed by atoms with E-state index < -0.39 is 11.7 Å². The lowest BCUT2D eigenvalue weighted by Crippen LogP contribution is -2.53. The van der Waals surface area contributed by atoms with E-state index in [-0.39, 0.29) is 36.2 Å². The van der Waals surface area contributed by atoms with Crippen LogP contribution in [0.15, 0.2) is 24.3 Å². The van der Waals surface area contributed by atoms with Crippen LogP contribution < -0.4 is 10.6 Å². The van der Waals surface area contributed by atoms with Crippen LogP contribution >= 0.6 is 12.4 Å². The first-order valence-corrected chi connectivity index (χ1v) is 7.64. The van der Waals surface area contributed by atoms with Gasteiger partial charge in [-0.05, 0) is 24.5 Å². The second-order valence-corrected chi connectivity index (χ2v) is 6.09. The minimum absolute atomic E-state index is 0. The molecule has 2 unspecified atom stereocenters. The molecule has 3 rings (SSSR count). The number of alkyl halides is 3. The third-order valence-corrected chi connectivity index (χ3v) is 4.66. The first-order chi connectivity index (χ1) is 10.5. The van der Waals surface area contributed by atoms with Gasteiger partial charge in [0.25, 0.3) is 0 Å². The lowest BCUT2D eigenvalue weighted by atomic mass is 9.89. The predicted molar refractivity (Wildman–Crippen MR) is 83.6 cm³/mol. The molecule has 2 atom stereocenters. The van der Waals surface area contributed by atoms with Gasteiger partial charge in [-0.2, -0.15) is 13.2 Å². The van der Waals surface area contributed by atoms with Gasteiger partial charge in [0.2, 0.25) is 5.91 Å². The molecule has 1 aromatic rings. The molecular formula is C16H20ClF3N2O. The average Bonchev–Trinajstić information content (AvgIpc) is 2.83. The van der Waals surface area contributed by atoms with Crippen LogP contribution in [0.2, 0.25) is 0 Å². The summed E-state index contributed by atoms with van der Waals surface area (Å²) in [4.78, 5) is 12.1. The summed E-state index contributed by atoms with van der Waals surface area (Å²) in [6.07, 6.45) is -2.10. The summed E-state index contributed by atoms with van der Waals surface area (Å²) >= 11 is 0. The number of hydrogen-bond acceptors (Lipinski definition) is 2. The molecule has 0 bridgehead atoms. The van der Waals surface area contributed by atoms with E-state index in [2.05, 4.69) is 10.6 Å². The quantitative estimate of drug-likeness (QED) is 0.881. The number of benzene rings is 1. The maximum Gasteiger partial charge on any atom is 0.416 e. The van der Waals surface area contributed by atoms with Crippen molar-refractivity contribution in [3.8, 4) is 0 Å². The van der Waals surface area contributed by atoms with Crippen molar-refractivity contribution in [1.82, 2.24) is 10.6 Å². The summed E-state index contributed by atoms with van der Waals surface area (Å²) < 4.78 is 39.6. The van der Waals surface area contributed by atoms with Crippen molar-refractivity contribution in [2.24, 2.45) is 5.92 Å². The van der Waals surface area contributed by atoms with Gasteiger partial charge in [-0.3, -0.25) is 4.79 Å². The summed E-state index contributed by atoms with van der Waals surface area (Å²) in [6, 6.07) is 5.52. The van der Waals surface area contributed by atoms with Crippen LogP contribution in [0.1, 0.15) is 36.3 Å². The van der Waals surface area contributed by atoms with Crippen LogP contribution in [0, 0.1) is 5.92 Å². The molecule has 2 fully saturated rings. The zero-order chi connectivity index (χ0) is 15.7. The van der Waals surface area contributed by atoms with E-state index in [0.717, 1.165) is 18.9 Å². The molecule has 1 saturated heterocycles. The minimum Gasteiger partial charge on any atom is -0.352 e. The van der Waals surface area contributed by atoms with Crippen molar-refractivity contribution in [3.63, 3.8) is 0 Å². The van der Waals surface area contributed by atoms with Crippen molar-refractivity contribution in [2.75, 3.05) is 13.1 Å². The SMILES string of the molecule is Cl.O=C(NC1CCCC1c1ccccc1C(F)(F)F)C1CNC1. The molecule has 1 aromatic carbocycles. The Balaban J connectivity index is 0.00000192. The van der Waals surface area contributed by atoms with E-state index in [1.54, 1.807) is 12.1 Å². The Morgan fingerprint density at radius 3 is 2.48 bits per heavy atom. The van der Waals surface area contributed by atoms with Crippen molar-refractivity contribution in [3.05, 3.63) is 35.4 Å². The number of carbonyl (C=O) groups is 1. The van der Waals surface area contributed by atoms with E-state index in [4.69, 9.17) is 0 Å². The van der Waals surface area contributed by atoms with Gasteiger partial charge in [-0.25, -0.2) is 0 Å². The normalized spacial score (nSPS) is 24.7. The van der Waals surface area contributed by atoms with Crippen molar-refractivity contribution < 1.29 is 18.0 Å². The summed E-state index contributed by atoms with van der Waals surface area (Å²) in [6.45, 7) is 1.31. The number of nitrogens with one attached hydrogen (secondary N) is 2. The molecule has 1 aliphatic carbocycles. The molecule has 2 N–H and O–H groups in total. The zero-order valence-corrected chi connectivity index (χ0v) is 13.3. The molecule has 1 aliphatic heterocycles. The second kappa shape index (κ2) is 7.09. The largest absolute Gasteiger partial charge is 0.416 e. The summed E-state index contributed by atoms with van der Waals surface area (Å²) in [5.41, 5.74) is -0.268. The van der Waals surface area contributed by atoms with Gasteiger partial charge in [-0.15, -0.1) is 12.4 Å². The molecule has 3 nitrogen and oxygen atoms in total. The second-order valence-electron chi connectivity index (χ2n) is 6.09. The minimum atomic E-state index is -4.36. The van der Waals surface area contributed by atoms with E-state index in [9.17, 15) is 18.0 Å². The third-order valence-electron chi connectivity index (χ3n) is 4.66. The van der Waals surface area contributed by atoms with Gasteiger partial charge in [0.15, 0.2) is 0 Å². The zero-order valence-electron chi connectivity index (χ0n) is 12.5. The maximum atomic E-state index is 13.2. The fourth-order valence-corrected chi connectivity index (χ4v) is 3.36. The Morgan fingerprint density at radius 2 is 1.87 bits per heavy atom. The lowest BCUT2D eigenvalue weighted by Gasteiger charge is -2.30. The van der Waals surface area contributed by atoms with Gasteiger partial charge in [0, 0.05) is 25.0 Å². The van der Waals surface area contributed by atoms with E-state index in [0.29, 0.717) is 25.1 Å². The molecular weight excluding hydrogens is 329 g/mol. The highest BCUT2D eigenvalue weighted by molar-refractivity contribution is 5.85. The summed E-state index contributed by atoms with van der Waals surface area (Å²) in [5.74, 6) is -0.339. The molecule has 0 radical (unpaired) electrons. The molecule has 0 spiro atoms. The van der Waals surface area contributed by atoms with Gasteiger partial charge < -0.3 is 10.6 Å². The van der Waals surface area contributed by atoms with Crippen LogP contribution in [-0.2, 0) is 11.0 Å². The molecule has 1 heterocycles. The molecule has 0 aromatic heterocycles. The maximum absolute atomic E-state index is 13.2. The Labute approximate surface area is 139 Å². The van der Waals surface area contributed by atoms with Crippen molar-refractivity contribution >= 4 is 18.3 Å². The highest BCUT2D eigenvalue weighted by atomic mass is 35.5. The number of amides is 1. The summed E-state index contributed by atoms with van der Waals surface area (Å²) in [7, 11) is 0.